The normalized spacial score (nSPS) is 42.5. The molecule has 2 aliphatic rings. The van der Waals surface area contributed by atoms with Crippen molar-refractivity contribution in [2.75, 3.05) is 0 Å². The Kier molecular flexibility index (Phi) is 3.38. The van der Waals surface area contributed by atoms with Crippen molar-refractivity contribution in [1.82, 2.24) is 0 Å². The van der Waals surface area contributed by atoms with Crippen LogP contribution in [0.2, 0.25) is 0 Å². The number of hydrogen-bond donors (Lipinski definition) is 1. The summed E-state index contributed by atoms with van der Waals surface area (Å²) in [6.07, 6.45) is 4.26. The molecular weight excluding hydrogens is 258 g/mol. The molecule has 0 spiro atoms. The lowest BCUT2D eigenvalue weighted by molar-refractivity contribution is -0.134. The van der Waals surface area contributed by atoms with Gasteiger partial charge in [0.15, 0.2) is 0 Å². The van der Waals surface area contributed by atoms with Gasteiger partial charge in [0.25, 0.3) is 0 Å². The maximum atomic E-state index is 12.1. The second-order valence-electron chi connectivity index (χ2n) is 7.96. The van der Waals surface area contributed by atoms with E-state index in [-0.39, 0.29) is 16.7 Å². The highest BCUT2D eigenvalue weighted by atomic mass is 16.1. The predicted molar refractivity (Wildman–Crippen MR) is 85.7 cm³/mol. The minimum Gasteiger partial charge on any atom is -0.369 e. The van der Waals surface area contributed by atoms with Crippen molar-refractivity contribution >= 4 is 5.91 Å². The lowest BCUT2D eigenvalue weighted by atomic mass is 9.48. The second-order valence-corrected chi connectivity index (χ2v) is 7.96. The van der Waals surface area contributed by atoms with Gasteiger partial charge in [0.1, 0.15) is 0 Å². The van der Waals surface area contributed by atoms with Crippen LogP contribution in [0, 0.1) is 23.2 Å². The second kappa shape index (κ2) is 4.86. The first-order chi connectivity index (χ1) is 9.86. The quantitative estimate of drug-likeness (QED) is 0.880. The summed E-state index contributed by atoms with van der Waals surface area (Å²) in [6, 6.07) is 10.8. The summed E-state index contributed by atoms with van der Waals surface area (Å²) in [4.78, 5) is 12.1. The number of carbonyl (C=O) groups is 1. The van der Waals surface area contributed by atoms with Crippen LogP contribution in [0.25, 0.3) is 0 Å². The Labute approximate surface area is 128 Å². The first-order valence-corrected chi connectivity index (χ1v) is 8.22. The van der Waals surface area contributed by atoms with Gasteiger partial charge in [0, 0.05) is 5.41 Å². The number of hydrogen-bond acceptors (Lipinski definition) is 1. The first-order valence-electron chi connectivity index (χ1n) is 8.22. The molecule has 0 aliphatic heterocycles. The fraction of sp³-hybridized carbons (Fsp3) is 0.632. The van der Waals surface area contributed by atoms with Gasteiger partial charge in [-0.05, 0) is 54.4 Å². The molecular formula is C19H27NO. The Morgan fingerprint density at radius 3 is 2.43 bits per heavy atom. The molecule has 1 amide bonds. The van der Waals surface area contributed by atoms with Crippen molar-refractivity contribution in [2.45, 2.75) is 51.9 Å². The molecule has 2 nitrogen and oxygen atoms in total. The SMILES string of the molecule is CC1CC2(c3ccccc3)CC(CC(C)(C(N)=O)C2)C1C. The molecule has 0 saturated heterocycles. The van der Waals surface area contributed by atoms with E-state index in [9.17, 15) is 4.79 Å². The number of carbonyl (C=O) groups excluding carboxylic acids is 1. The molecule has 2 N–H and O–H groups in total. The monoisotopic (exact) mass is 285 g/mol. The number of fused-ring (bicyclic) bond motifs is 2. The lowest BCUT2D eigenvalue weighted by Crippen LogP contribution is -2.53. The molecule has 0 aromatic heterocycles. The van der Waals surface area contributed by atoms with Crippen LogP contribution in [0.4, 0.5) is 0 Å². The van der Waals surface area contributed by atoms with E-state index >= 15 is 0 Å². The summed E-state index contributed by atoms with van der Waals surface area (Å²) in [6.45, 7) is 6.82. The van der Waals surface area contributed by atoms with Crippen molar-refractivity contribution in [3.8, 4) is 0 Å². The summed E-state index contributed by atoms with van der Waals surface area (Å²) >= 11 is 0. The summed E-state index contributed by atoms with van der Waals surface area (Å²) in [5.41, 5.74) is 6.97. The number of amides is 1. The highest BCUT2D eigenvalue weighted by molar-refractivity contribution is 5.80. The van der Waals surface area contributed by atoms with Crippen LogP contribution < -0.4 is 5.73 Å². The summed E-state index contributed by atoms with van der Waals surface area (Å²) in [5, 5.41) is 0. The molecule has 2 saturated carbocycles. The molecule has 114 valence electrons. The first kappa shape index (κ1) is 14.6. The molecule has 5 unspecified atom stereocenters. The zero-order chi connectivity index (χ0) is 15.3. The topological polar surface area (TPSA) is 43.1 Å². The summed E-state index contributed by atoms with van der Waals surface area (Å²) < 4.78 is 0. The Bertz CT molecular complexity index is 536. The van der Waals surface area contributed by atoms with E-state index in [4.69, 9.17) is 5.73 Å². The molecule has 0 radical (unpaired) electrons. The van der Waals surface area contributed by atoms with Gasteiger partial charge >= 0.3 is 0 Å². The van der Waals surface area contributed by atoms with Crippen molar-refractivity contribution in [2.24, 2.45) is 28.9 Å². The highest BCUT2D eigenvalue weighted by Crippen LogP contribution is 2.59. The third-order valence-corrected chi connectivity index (χ3v) is 6.43. The summed E-state index contributed by atoms with van der Waals surface area (Å²) in [5.74, 6) is 1.89. The highest BCUT2D eigenvalue weighted by Gasteiger charge is 2.54. The Hall–Kier alpha value is -1.31. The largest absolute Gasteiger partial charge is 0.369 e. The molecule has 2 fully saturated rings. The van der Waals surface area contributed by atoms with Crippen molar-refractivity contribution in [3.63, 3.8) is 0 Å². The van der Waals surface area contributed by atoms with E-state index in [0.717, 1.165) is 12.8 Å². The smallest absolute Gasteiger partial charge is 0.223 e. The number of nitrogens with two attached hydrogens (primary N) is 1. The number of rotatable bonds is 2. The van der Waals surface area contributed by atoms with Gasteiger partial charge in [0.2, 0.25) is 5.91 Å². The van der Waals surface area contributed by atoms with Crippen molar-refractivity contribution < 1.29 is 4.79 Å². The Morgan fingerprint density at radius 2 is 1.81 bits per heavy atom. The maximum Gasteiger partial charge on any atom is 0.223 e. The minimum atomic E-state index is -0.354. The molecule has 2 bridgehead atoms. The van der Waals surface area contributed by atoms with E-state index in [1.165, 1.54) is 18.4 Å². The minimum absolute atomic E-state index is 0.116. The molecule has 0 heterocycles. The molecule has 2 aliphatic carbocycles. The molecule has 2 heteroatoms. The van der Waals surface area contributed by atoms with Crippen LogP contribution in [0.5, 0.6) is 0 Å². The van der Waals surface area contributed by atoms with Crippen LogP contribution in [-0.2, 0) is 10.2 Å². The van der Waals surface area contributed by atoms with E-state index in [0.29, 0.717) is 17.8 Å². The standard InChI is InChI=1S/C19H27NO/c1-13-9-19(16-7-5-4-6-8-16)11-15(14(13)2)10-18(3,12-19)17(20)21/h4-8,13-15H,9-12H2,1-3H3,(H2,20,21). The lowest BCUT2D eigenvalue weighted by Gasteiger charge is -2.56. The third-order valence-electron chi connectivity index (χ3n) is 6.43. The van der Waals surface area contributed by atoms with Crippen molar-refractivity contribution in [3.05, 3.63) is 35.9 Å². The van der Waals surface area contributed by atoms with Crippen LogP contribution in [0.3, 0.4) is 0 Å². The van der Waals surface area contributed by atoms with E-state index in [2.05, 4.69) is 51.1 Å². The molecule has 1 aromatic rings. The zero-order valence-electron chi connectivity index (χ0n) is 13.4. The van der Waals surface area contributed by atoms with Crippen LogP contribution in [-0.4, -0.2) is 5.91 Å². The van der Waals surface area contributed by atoms with Crippen molar-refractivity contribution in [1.29, 1.82) is 0 Å². The van der Waals surface area contributed by atoms with Gasteiger partial charge in [-0.15, -0.1) is 0 Å². The zero-order valence-corrected chi connectivity index (χ0v) is 13.4. The van der Waals surface area contributed by atoms with Gasteiger partial charge < -0.3 is 5.73 Å². The average molecular weight is 285 g/mol. The van der Waals surface area contributed by atoms with E-state index in [1.54, 1.807) is 0 Å². The summed E-state index contributed by atoms with van der Waals surface area (Å²) in [7, 11) is 0. The van der Waals surface area contributed by atoms with E-state index < -0.39 is 0 Å². The van der Waals surface area contributed by atoms with E-state index in [1.807, 2.05) is 0 Å². The molecule has 3 rings (SSSR count). The Morgan fingerprint density at radius 1 is 1.14 bits per heavy atom. The average Bonchev–Trinajstić information content (AvgIpc) is 2.45. The van der Waals surface area contributed by atoms with Gasteiger partial charge in [-0.1, -0.05) is 51.1 Å². The van der Waals surface area contributed by atoms with Gasteiger partial charge in [-0.25, -0.2) is 0 Å². The van der Waals surface area contributed by atoms with Crippen LogP contribution in [0.1, 0.15) is 52.0 Å². The third kappa shape index (κ3) is 2.29. The predicted octanol–water partition coefficient (Wildman–Crippen LogP) is 3.89. The molecule has 1 aromatic carbocycles. The fourth-order valence-electron chi connectivity index (χ4n) is 5.16. The Balaban J connectivity index is 2.06. The van der Waals surface area contributed by atoms with Gasteiger partial charge in [-0.3, -0.25) is 4.79 Å². The molecule has 5 atom stereocenters. The molecule has 21 heavy (non-hydrogen) atoms. The van der Waals surface area contributed by atoms with Crippen LogP contribution in [0.15, 0.2) is 30.3 Å². The van der Waals surface area contributed by atoms with Gasteiger partial charge in [-0.2, -0.15) is 0 Å². The maximum absolute atomic E-state index is 12.1. The number of benzene rings is 1. The number of primary amides is 1. The van der Waals surface area contributed by atoms with Gasteiger partial charge in [0.05, 0.1) is 0 Å². The van der Waals surface area contributed by atoms with Crippen LogP contribution >= 0.6 is 0 Å². The fourth-order valence-corrected chi connectivity index (χ4v) is 5.16.